The molecule has 0 unspecified atom stereocenters. The van der Waals surface area contributed by atoms with E-state index in [1.807, 2.05) is 0 Å². The van der Waals surface area contributed by atoms with Gasteiger partial charge in [0.25, 0.3) is 5.91 Å². The molecule has 0 aliphatic rings. The number of anilines is 1. The van der Waals surface area contributed by atoms with Crippen molar-refractivity contribution in [1.82, 2.24) is 30.7 Å². The van der Waals surface area contributed by atoms with Crippen LogP contribution >= 0.6 is 11.6 Å². The molecular formula is C14H13ClN8O2. The zero-order valence-corrected chi connectivity index (χ0v) is 14.0. The monoisotopic (exact) mass is 360 g/mol. The molecule has 128 valence electrons. The smallest absolute Gasteiger partial charge is 0.293 e. The minimum absolute atomic E-state index is 0.0385. The third kappa shape index (κ3) is 3.33. The maximum atomic E-state index is 12.3. The number of halogens is 1. The van der Waals surface area contributed by atoms with Gasteiger partial charge in [0, 0.05) is 5.02 Å². The number of amides is 1. The highest BCUT2D eigenvalue weighted by Gasteiger charge is 2.20. The van der Waals surface area contributed by atoms with Gasteiger partial charge in [-0.3, -0.25) is 4.79 Å². The SMILES string of the molecule is C/C(=N/NC(=O)c1nnn(-c2nonc2N)c1C)c1ccc(Cl)cc1. The van der Waals surface area contributed by atoms with Crippen LogP contribution in [0.15, 0.2) is 34.0 Å². The summed E-state index contributed by atoms with van der Waals surface area (Å²) in [5.41, 5.74) is 9.98. The summed E-state index contributed by atoms with van der Waals surface area (Å²) >= 11 is 5.84. The summed E-state index contributed by atoms with van der Waals surface area (Å²) in [6.45, 7) is 3.40. The third-order valence-electron chi connectivity index (χ3n) is 3.39. The number of aromatic nitrogens is 5. The van der Waals surface area contributed by atoms with Crippen molar-refractivity contribution < 1.29 is 9.42 Å². The van der Waals surface area contributed by atoms with Crippen LogP contribution in [0.3, 0.4) is 0 Å². The molecule has 3 N–H and O–H groups in total. The van der Waals surface area contributed by atoms with Gasteiger partial charge < -0.3 is 5.73 Å². The summed E-state index contributed by atoms with van der Waals surface area (Å²) in [6, 6.07) is 7.08. The number of benzene rings is 1. The zero-order valence-electron chi connectivity index (χ0n) is 13.3. The molecule has 0 atom stereocenters. The topological polar surface area (TPSA) is 137 Å². The summed E-state index contributed by atoms with van der Waals surface area (Å²) in [6.07, 6.45) is 0. The molecule has 2 aromatic heterocycles. The van der Waals surface area contributed by atoms with Gasteiger partial charge in [0.05, 0.1) is 11.4 Å². The highest BCUT2D eigenvalue weighted by molar-refractivity contribution is 6.30. The molecular weight excluding hydrogens is 348 g/mol. The number of carbonyl (C=O) groups excluding carboxylic acids is 1. The van der Waals surface area contributed by atoms with E-state index in [4.69, 9.17) is 17.3 Å². The van der Waals surface area contributed by atoms with Gasteiger partial charge in [0.1, 0.15) is 0 Å². The Morgan fingerprint density at radius 2 is 2.04 bits per heavy atom. The van der Waals surface area contributed by atoms with E-state index in [2.05, 4.69) is 35.8 Å². The Kier molecular flexibility index (Phi) is 4.44. The van der Waals surface area contributed by atoms with Crippen molar-refractivity contribution in [2.45, 2.75) is 13.8 Å². The number of nitrogens with zero attached hydrogens (tertiary/aromatic N) is 6. The number of hydrogen-bond donors (Lipinski definition) is 2. The molecule has 0 saturated heterocycles. The molecule has 0 radical (unpaired) electrons. The van der Waals surface area contributed by atoms with Gasteiger partial charge in [-0.25, -0.2) is 10.1 Å². The van der Waals surface area contributed by atoms with Crippen molar-refractivity contribution in [2.75, 3.05) is 5.73 Å². The molecule has 0 fully saturated rings. The normalized spacial score (nSPS) is 11.6. The Labute approximate surface area is 146 Å². The fourth-order valence-corrected chi connectivity index (χ4v) is 2.15. The Hall–Kier alpha value is -3.27. The Balaban J connectivity index is 1.78. The van der Waals surface area contributed by atoms with Crippen molar-refractivity contribution >= 4 is 29.0 Å². The number of hydrazone groups is 1. The van der Waals surface area contributed by atoms with Crippen LogP contribution in [-0.2, 0) is 0 Å². The van der Waals surface area contributed by atoms with Crippen LogP contribution in [-0.4, -0.2) is 36.9 Å². The number of nitrogens with two attached hydrogens (primary N) is 1. The Bertz CT molecular complexity index is 944. The molecule has 0 saturated carbocycles. The van der Waals surface area contributed by atoms with E-state index in [9.17, 15) is 4.79 Å². The second-order valence-corrected chi connectivity index (χ2v) is 5.49. The second-order valence-electron chi connectivity index (χ2n) is 5.05. The minimum Gasteiger partial charge on any atom is -0.378 e. The van der Waals surface area contributed by atoms with Gasteiger partial charge in [-0.1, -0.05) is 28.9 Å². The quantitative estimate of drug-likeness (QED) is 0.529. The van der Waals surface area contributed by atoms with Gasteiger partial charge in [-0.15, -0.1) is 5.10 Å². The summed E-state index contributed by atoms with van der Waals surface area (Å²) in [4.78, 5) is 12.3. The maximum absolute atomic E-state index is 12.3. The first-order valence-electron chi connectivity index (χ1n) is 7.08. The molecule has 25 heavy (non-hydrogen) atoms. The molecule has 1 amide bonds. The summed E-state index contributed by atoms with van der Waals surface area (Å²) in [7, 11) is 0. The molecule has 3 aromatic rings. The van der Waals surface area contributed by atoms with E-state index < -0.39 is 5.91 Å². The van der Waals surface area contributed by atoms with Crippen molar-refractivity contribution in [2.24, 2.45) is 5.10 Å². The molecule has 0 spiro atoms. The number of carbonyl (C=O) groups is 1. The molecule has 0 bridgehead atoms. The van der Waals surface area contributed by atoms with Crippen molar-refractivity contribution in [1.29, 1.82) is 0 Å². The van der Waals surface area contributed by atoms with Crippen LogP contribution in [0, 0.1) is 6.92 Å². The van der Waals surface area contributed by atoms with E-state index in [0.29, 0.717) is 16.4 Å². The van der Waals surface area contributed by atoms with Crippen LogP contribution in [0.25, 0.3) is 5.82 Å². The largest absolute Gasteiger partial charge is 0.378 e. The summed E-state index contributed by atoms with van der Waals surface area (Å²) < 4.78 is 5.78. The molecule has 0 aliphatic carbocycles. The zero-order chi connectivity index (χ0) is 18.0. The predicted octanol–water partition coefficient (Wildman–Crippen LogP) is 1.35. The highest BCUT2D eigenvalue weighted by Crippen LogP contribution is 2.14. The lowest BCUT2D eigenvalue weighted by Crippen LogP contribution is -2.21. The van der Waals surface area contributed by atoms with Crippen LogP contribution in [0.5, 0.6) is 0 Å². The van der Waals surface area contributed by atoms with Crippen LogP contribution in [0.4, 0.5) is 5.82 Å². The van der Waals surface area contributed by atoms with E-state index in [1.54, 1.807) is 38.1 Å². The van der Waals surface area contributed by atoms with E-state index in [-0.39, 0.29) is 17.3 Å². The van der Waals surface area contributed by atoms with Gasteiger partial charge in [-0.2, -0.15) is 9.78 Å². The van der Waals surface area contributed by atoms with Gasteiger partial charge >= 0.3 is 0 Å². The van der Waals surface area contributed by atoms with Gasteiger partial charge in [0.2, 0.25) is 11.6 Å². The Morgan fingerprint density at radius 1 is 1.32 bits per heavy atom. The lowest BCUT2D eigenvalue weighted by Gasteiger charge is -2.02. The van der Waals surface area contributed by atoms with Crippen LogP contribution in [0.2, 0.25) is 5.02 Å². The minimum atomic E-state index is -0.521. The summed E-state index contributed by atoms with van der Waals surface area (Å²) in [5, 5.41) is 19.4. The molecule has 11 heteroatoms. The third-order valence-corrected chi connectivity index (χ3v) is 3.64. The highest BCUT2D eigenvalue weighted by atomic mass is 35.5. The first-order valence-corrected chi connectivity index (χ1v) is 7.46. The second kappa shape index (κ2) is 6.69. The number of rotatable bonds is 4. The Morgan fingerprint density at radius 3 is 2.68 bits per heavy atom. The molecule has 1 aromatic carbocycles. The van der Waals surface area contributed by atoms with E-state index >= 15 is 0 Å². The summed E-state index contributed by atoms with van der Waals surface area (Å²) in [5.74, 6) is -0.325. The van der Waals surface area contributed by atoms with Crippen molar-refractivity contribution in [3.63, 3.8) is 0 Å². The lowest BCUT2D eigenvalue weighted by atomic mass is 10.1. The van der Waals surface area contributed by atoms with Gasteiger partial charge in [0.15, 0.2) is 5.69 Å². The first-order chi connectivity index (χ1) is 12.0. The van der Waals surface area contributed by atoms with Crippen LogP contribution < -0.4 is 11.2 Å². The van der Waals surface area contributed by atoms with E-state index in [0.717, 1.165) is 5.56 Å². The van der Waals surface area contributed by atoms with E-state index in [1.165, 1.54) is 4.68 Å². The molecule has 3 rings (SSSR count). The standard InChI is InChI=1S/C14H13ClN8O2/c1-7(9-3-5-10(15)6-4-9)17-19-14(24)11-8(2)23(22-18-11)13-12(16)20-25-21-13/h3-6H,1-2H3,(H2,16,20)(H,19,24)/b17-7-. The number of hydrogen-bond acceptors (Lipinski definition) is 8. The first kappa shape index (κ1) is 16.6. The van der Waals surface area contributed by atoms with Crippen molar-refractivity contribution in [3.05, 3.63) is 46.2 Å². The fourth-order valence-electron chi connectivity index (χ4n) is 2.02. The molecule has 10 nitrogen and oxygen atoms in total. The molecule has 2 heterocycles. The fraction of sp³-hybridized carbons (Fsp3) is 0.143. The average molecular weight is 361 g/mol. The van der Waals surface area contributed by atoms with Crippen LogP contribution in [0.1, 0.15) is 28.7 Å². The van der Waals surface area contributed by atoms with Crippen molar-refractivity contribution in [3.8, 4) is 5.82 Å². The number of nitrogens with one attached hydrogen (secondary N) is 1. The van der Waals surface area contributed by atoms with Gasteiger partial charge in [-0.05, 0) is 41.9 Å². The molecule has 0 aliphatic heterocycles. The maximum Gasteiger partial charge on any atom is 0.293 e. The lowest BCUT2D eigenvalue weighted by molar-refractivity contribution is 0.0949. The number of nitrogen functional groups attached to an aromatic ring is 1. The predicted molar refractivity (Wildman–Crippen MR) is 89.5 cm³/mol. The average Bonchev–Trinajstić information content (AvgIpc) is 3.18.